The van der Waals surface area contributed by atoms with E-state index >= 15 is 0 Å². The van der Waals surface area contributed by atoms with E-state index < -0.39 is 9.84 Å². The van der Waals surface area contributed by atoms with Crippen molar-refractivity contribution in [3.05, 3.63) is 29.8 Å². The molecule has 2 heterocycles. The molecule has 2 aliphatic heterocycles. The molecule has 0 aromatic heterocycles. The third-order valence-corrected chi connectivity index (χ3v) is 7.08. The summed E-state index contributed by atoms with van der Waals surface area (Å²) in [5.74, 6) is 0.102. The second kappa shape index (κ2) is 5.70. The Labute approximate surface area is 134 Å². The zero-order valence-electron chi connectivity index (χ0n) is 12.5. The SMILES string of the molecule is CCC(=O)N=C1S[C@H]2CS(=O)(=O)C[C@@H]2N1c1cccc(C)c1. The molecule has 22 heavy (non-hydrogen) atoms. The second-order valence-electron chi connectivity index (χ2n) is 5.65. The van der Waals surface area contributed by atoms with E-state index in [0.29, 0.717) is 11.6 Å². The average molecular weight is 338 g/mol. The maximum Gasteiger partial charge on any atom is 0.247 e. The van der Waals surface area contributed by atoms with E-state index in [-0.39, 0.29) is 28.7 Å². The first-order valence-electron chi connectivity index (χ1n) is 7.24. The number of hydrogen-bond acceptors (Lipinski definition) is 4. The zero-order valence-corrected chi connectivity index (χ0v) is 14.2. The van der Waals surface area contributed by atoms with Gasteiger partial charge in [0, 0.05) is 17.4 Å². The summed E-state index contributed by atoms with van der Waals surface area (Å²) in [6, 6.07) is 7.72. The van der Waals surface area contributed by atoms with E-state index in [4.69, 9.17) is 0 Å². The maximum atomic E-state index is 11.9. The molecule has 0 spiro atoms. The summed E-state index contributed by atoms with van der Waals surface area (Å²) in [4.78, 5) is 17.8. The van der Waals surface area contributed by atoms with E-state index in [1.165, 1.54) is 11.8 Å². The largest absolute Gasteiger partial charge is 0.316 e. The highest BCUT2D eigenvalue weighted by Crippen LogP contribution is 2.41. The van der Waals surface area contributed by atoms with Crippen LogP contribution in [0.4, 0.5) is 5.69 Å². The van der Waals surface area contributed by atoms with Gasteiger partial charge in [0.15, 0.2) is 15.0 Å². The van der Waals surface area contributed by atoms with Crippen LogP contribution in [0.25, 0.3) is 0 Å². The van der Waals surface area contributed by atoms with Crippen molar-refractivity contribution >= 4 is 38.4 Å². The van der Waals surface area contributed by atoms with Crippen LogP contribution in [-0.2, 0) is 14.6 Å². The number of hydrogen-bond donors (Lipinski definition) is 0. The lowest BCUT2D eigenvalue weighted by atomic mass is 10.1. The van der Waals surface area contributed by atoms with Gasteiger partial charge in [-0.15, -0.1) is 0 Å². The molecular weight excluding hydrogens is 320 g/mol. The molecule has 2 aliphatic rings. The summed E-state index contributed by atoms with van der Waals surface area (Å²) in [7, 11) is -3.02. The molecule has 2 atom stereocenters. The van der Waals surface area contributed by atoms with E-state index in [1.807, 2.05) is 36.1 Å². The van der Waals surface area contributed by atoms with E-state index in [1.54, 1.807) is 6.92 Å². The Hall–Kier alpha value is -1.34. The number of aryl methyl sites for hydroxylation is 1. The summed E-state index contributed by atoms with van der Waals surface area (Å²) >= 11 is 1.41. The minimum atomic E-state index is -3.02. The number of amidine groups is 1. The van der Waals surface area contributed by atoms with Crippen molar-refractivity contribution in [3.63, 3.8) is 0 Å². The molecule has 0 saturated carbocycles. The molecule has 5 nitrogen and oxygen atoms in total. The number of nitrogens with zero attached hydrogens (tertiary/aromatic N) is 2. The summed E-state index contributed by atoms with van der Waals surface area (Å²) in [5, 5.41) is 0.580. The van der Waals surface area contributed by atoms with Crippen molar-refractivity contribution in [2.75, 3.05) is 16.4 Å². The molecule has 0 bridgehead atoms. The van der Waals surface area contributed by atoms with Crippen LogP contribution in [-0.4, -0.2) is 42.3 Å². The number of amides is 1. The first-order valence-corrected chi connectivity index (χ1v) is 9.94. The Morgan fingerprint density at radius 3 is 2.86 bits per heavy atom. The Morgan fingerprint density at radius 1 is 1.41 bits per heavy atom. The van der Waals surface area contributed by atoms with Crippen LogP contribution in [0.15, 0.2) is 29.3 Å². The summed E-state index contributed by atoms with van der Waals surface area (Å²) in [6.45, 7) is 3.76. The molecule has 118 valence electrons. The highest BCUT2D eigenvalue weighted by molar-refractivity contribution is 8.16. The third-order valence-electron chi connectivity index (χ3n) is 3.87. The zero-order chi connectivity index (χ0) is 15.9. The number of carbonyl (C=O) groups is 1. The molecule has 0 N–H and O–H groups in total. The highest BCUT2D eigenvalue weighted by Gasteiger charge is 2.49. The Balaban J connectivity index is 2.03. The number of aliphatic imine (C=N–C) groups is 1. The fourth-order valence-corrected chi connectivity index (χ4v) is 6.76. The van der Waals surface area contributed by atoms with E-state index in [9.17, 15) is 13.2 Å². The molecule has 7 heteroatoms. The third kappa shape index (κ3) is 2.92. The van der Waals surface area contributed by atoms with Crippen molar-refractivity contribution < 1.29 is 13.2 Å². The molecule has 1 aromatic carbocycles. The van der Waals surface area contributed by atoms with Gasteiger partial charge in [0.05, 0.1) is 17.5 Å². The van der Waals surface area contributed by atoms with Gasteiger partial charge in [-0.05, 0) is 24.6 Å². The maximum absolute atomic E-state index is 11.9. The van der Waals surface area contributed by atoms with Crippen molar-refractivity contribution in [1.29, 1.82) is 0 Å². The highest BCUT2D eigenvalue weighted by atomic mass is 32.2. The molecule has 1 aromatic rings. The van der Waals surface area contributed by atoms with Gasteiger partial charge in [-0.25, -0.2) is 8.42 Å². The topological polar surface area (TPSA) is 66.8 Å². The lowest BCUT2D eigenvalue weighted by molar-refractivity contribution is -0.117. The molecule has 1 amide bonds. The smallest absolute Gasteiger partial charge is 0.247 e. The van der Waals surface area contributed by atoms with Crippen LogP contribution in [0.3, 0.4) is 0 Å². The van der Waals surface area contributed by atoms with Gasteiger partial charge in [0.1, 0.15) is 0 Å². The number of thioether (sulfide) groups is 1. The molecular formula is C15H18N2O3S2. The average Bonchev–Trinajstić information content (AvgIpc) is 2.89. The quantitative estimate of drug-likeness (QED) is 0.825. The fraction of sp³-hybridized carbons (Fsp3) is 0.467. The first kappa shape index (κ1) is 15.6. The molecule has 2 fully saturated rings. The van der Waals surface area contributed by atoms with Crippen LogP contribution in [0.2, 0.25) is 0 Å². The van der Waals surface area contributed by atoms with Crippen LogP contribution in [0.5, 0.6) is 0 Å². The normalized spacial score (nSPS) is 28.1. The van der Waals surface area contributed by atoms with Crippen LogP contribution in [0.1, 0.15) is 18.9 Å². The Morgan fingerprint density at radius 2 is 2.18 bits per heavy atom. The molecule has 0 unspecified atom stereocenters. The number of carbonyl (C=O) groups excluding carboxylic acids is 1. The minimum Gasteiger partial charge on any atom is -0.316 e. The number of fused-ring (bicyclic) bond motifs is 1. The summed E-state index contributed by atoms with van der Waals surface area (Å²) in [6.07, 6.45) is 0.347. The molecule has 0 aliphatic carbocycles. The number of rotatable bonds is 2. The van der Waals surface area contributed by atoms with Crippen molar-refractivity contribution in [3.8, 4) is 0 Å². The summed E-state index contributed by atoms with van der Waals surface area (Å²) in [5.41, 5.74) is 1.99. The predicted octanol–water partition coefficient (Wildman–Crippen LogP) is 2.01. The van der Waals surface area contributed by atoms with E-state index in [2.05, 4.69) is 4.99 Å². The molecule has 0 radical (unpaired) electrons. The van der Waals surface area contributed by atoms with Crippen molar-refractivity contribution in [2.45, 2.75) is 31.6 Å². The molecule has 3 rings (SSSR count). The number of anilines is 1. The first-order chi connectivity index (χ1) is 10.4. The fourth-order valence-electron chi connectivity index (χ4n) is 2.83. The number of benzene rings is 1. The van der Waals surface area contributed by atoms with Crippen LogP contribution in [0, 0.1) is 6.92 Å². The lowest BCUT2D eigenvalue weighted by Crippen LogP contribution is -2.37. The van der Waals surface area contributed by atoms with Crippen LogP contribution >= 0.6 is 11.8 Å². The predicted molar refractivity (Wildman–Crippen MR) is 90.2 cm³/mol. The Kier molecular flexibility index (Phi) is 4.03. The van der Waals surface area contributed by atoms with Gasteiger partial charge < -0.3 is 4.90 Å². The lowest BCUT2D eigenvalue weighted by Gasteiger charge is -2.24. The van der Waals surface area contributed by atoms with Crippen molar-refractivity contribution in [2.24, 2.45) is 4.99 Å². The van der Waals surface area contributed by atoms with Gasteiger partial charge >= 0.3 is 0 Å². The van der Waals surface area contributed by atoms with Crippen LogP contribution < -0.4 is 4.90 Å². The van der Waals surface area contributed by atoms with Gasteiger partial charge in [-0.3, -0.25) is 4.79 Å². The van der Waals surface area contributed by atoms with Gasteiger partial charge in [-0.1, -0.05) is 30.8 Å². The second-order valence-corrected chi connectivity index (χ2v) is 9.01. The standard InChI is InChI=1S/C15H18N2O3S2/c1-3-14(18)16-15-17(11-6-4-5-10(2)7-11)12-8-22(19,20)9-13(12)21-15/h4-7,12-13H,3,8-9H2,1-2H3/t12-,13-/m0/s1. The van der Waals surface area contributed by atoms with Gasteiger partial charge in [-0.2, -0.15) is 4.99 Å². The van der Waals surface area contributed by atoms with Crippen molar-refractivity contribution in [1.82, 2.24) is 0 Å². The van der Waals surface area contributed by atoms with E-state index in [0.717, 1.165) is 11.3 Å². The minimum absolute atomic E-state index is 0.0473. The number of sulfone groups is 1. The monoisotopic (exact) mass is 338 g/mol. The summed E-state index contributed by atoms with van der Waals surface area (Å²) < 4.78 is 23.9. The van der Waals surface area contributed by atoms with Gasteiger partial charge in [0.2, 0.25) is 5.91 Å². The molecule has 2 saturated heterocycles. The van der Waals surface area contributed by atoms with Gasteiger partial charge in [0.25, 0.3) is 0 Å². The Bertz CT molecular complexity index is 743.